The molecule has 5 nitrogen and oxygen atoms in total. The maximum atomic E-state index is 11.1. The smallest absolute Gasteiger partial charge is 0.320 e. The van der Waals surface area contributed by atoms with Crippen LogP contribution < -0.4 is 16.0 Å². The predicted molar refractivity (Wildman–Crippen MR) is 96.3 cm³/mol. The molecule has 2 aromatic carbocycles. The zero-order chi connectivity index (χ0) is 16.9. The van der Waals surface area contributed by atoms with E-state index in [1.807, 2.05) is 24.3 Å². The second-order valence-corrected chi connectivity index (χ2v) is 6.09. The number of carboxylic acids is 1. The molecule has 0 unspecified atom stereocenters. The Morgan fingerprint density at radius 3 is 2.67 bits per heavy atom. The van der Waals surface area contributed by atoms with Gasteiger partial charge >= 0.3 is 5.97 Å². The number of nitrogens with one attached hydrogen (secondary N) is 1. The number of nitrogens with zero attached hydrogens (tertiary/aromatic N) is 1. The lowest BCUT2D eigenvalue weighted by atomic mass is 9.95. The van der Waals surface area contributed by atoms with E-state index in [0.29, 0.717) is 6.42 Å². The summed E-state index contributed by atoms with van der Waals surface area (Å²) in [6, 6.07) is 15.4. The molecule has 1 aliphatic rings. The second kappa shape index (κ2) is 7.47. The number of nitrogens with two attached hydrogens (primary N) is 1. The lowest BCUT2D eigenvalue weighted by Crippen LogP contribution is -2.43. The summed E-state index contributed by atoms with van der Waals surface area (Å²) in [5.41, 5.74) is 10.0. The Bertz CT molecular complexity index is 711. The van der Waals surface area contributed by atoms with Crippen molar-refractivity contribution in [1.29, 1.82) is 0 Å². The summed E-state index contributed by atoms with van der Waals surface area (Å²) >= 11 is 0. The monoisotopic (exact) mass is 325 g/mol. The standard InChI is InChI=1S/C19H23N3O2/c20-18(19(23)24)13-15-4-1-2-7-17(15)14-5-3-6-16(12-14)22-10-8-21-9-11-22/h1-7,12,18,21H,8-11,13,20H2,(H,23,24)/t18-/m0/s1. The summed E-state index contributed by atoms with van der Waals surface area (Å²) in [6.07, 6.45) is 0.323. The van der Waals surface area contributed by atoms with Crippen molar-refractivity contribution in [3.05, 3.63) is 54.1 Å². The van der Waals surface area contributed by atoms with Crippen molar-refractivity contribution in [2.24, 2.45) is 5.73 Å². The molecule has 3 rings (SSSR count). The van der Waals surface area contributed by atoms with Crippen molar-refractivity contribution < 1.29 is 9.90 Å². The van der Waals surface area contributed by atoms with Crippen LogP contribution in [-0.2, 0) is 11.2 Å². The van der Waals surface area contributed by atoms with Crippen molar-refractivity contribution in [3.8, 4) is 11.1 Å². The van der Waals surface area contributed by atoms with Crippen LogP contribution in [0.2, 0.25) is 0 Å². The Morgan fingerprint density at radius 1 is 1.17 bits per heavy atom. The molecular weight excluding hydrogens is 302 g/mol. The third-order valence-electron chi connectivity index (χ3n) is 4.41. The molecule has 0 aliphatic carbocycles. The highest BCUT2D eigenvalue weighted by Gasteiger charge is 2.16. The molecule has 4 N–H and O–H groups in total. The molecule has 1 heterocycles. The summed E-state index contributed by atoms with van der Waals surface area (Å²) in [5, 5.41) is 12.4. The van der Waals surface area contributed by atoms with Crippen LogP contribution >= 0.6 is 0 Å². The van der Waals surface area contributed by atoms with Gasteiger partial charge in [-0.1, -0.05) is 36.4 Å². The van der Waals surface area contributed by atoms with Gasteiger partial charge in [-0.15, -0.1) is 0 Å². The van der Waals surface area contributed by atoms with E-state index in [4.69, 9.17) is 10.8 Å². The van der Waals surface area contributed by atoms with Crippen LogP contribution in [0, 0.1) is 0 Å². The first-order valence-electron chi connectivity index (χ1n) is 8.27. The number of rotatable bonds is 5. The Morgan fingerprint density at radius 2 is 1.92 bits per heavy atom. The molecule has 0 bridgehead atoms. The average Bonchev–Trinajstić information content (AvgIpc) is 2.63. The van der Waals surface area contributed by atoms with E-state index >= 15 is 0 Å². The van der Waals surface area contributed by atoms with Gasteiger partial charge in [-0.25, -0.2) is 0 Å². The zero-order valence-electron chi connectivity index (χ0n) is 13.6. The number of hydrogen-bond acceptors (Lipinski definition) is 4. The maximum Gasteiger partial charge on any atom is 0.320 e. The number of piperazine rings is 1. The first-order chi connectivity index (χ1) is 11.6. The fraction of sp³-hybridized carbons (Fsp3) is 0.316. The van der Waals surface area contributed by atoms with E-state index in [2.05, 4.69) is 34.5 Å². The quantitative estimate of drug-likeness (QED) is 0.780. The van der Waals surface area contributed by atoms with Gasteiger partial charge in [0.2, 0.25) is 0 Å². The van der Waals surface area contributed by atoms with Crippen molar-refractivity contribution in [1.82, 2.24) is 5.32 Å². The van der Waals surface area contributed by atoms with Crippen molar-refractivity contribution in [2.75, 3.05) is 31.1 Å². The minimum Gasteiger partial charge on any atom is -0.480 e. The molecule has 2 aromatic rings. The molecule has 126 valence electrons. The van der Waals surface area contributed by atoms with Gasteiger partial charge in [0.15, 0.2) is 0 Å². The zero-order valence-corrected chi connectivity index (χ0v) is 13.6. The minimum atomic E-state index is -0.973. The van der Waals surface area contributed by atoms with Gasteiger partial charge in [0.05, 0.1) is 0 Å². The summed E-state index contributed by atoms with van der Waals surface area (Å²) in [5.74, 6) is -0.973. The molecule has 0 saturated carbocycles. The van der Waals surface area contributed by atoms with E-state index in [1.54, 1.807) is 0 Å². The molecule has 24 heavy (non-hydrogen) atoms. The molecule has 1 saturated heterocycles. The van der Waals surface area contributed by atoms with Gasteiger partial charge in [-0.2, -0.15) is 0 Å². The van der Waals surface area contributed by atoms with Crippen LogP contribution in [0.25, 0.3) is 11.1 Å². The number of anilines is 1. The average molecular weight is 325 g/mol. The predicted octanol–water partition coefficient (Wildman–Crippen LogP) is 1.72. The van der Waals surface area contributed by atoms with Gasteiger partial charge in [-0.05, 0) is 35.2 Å². The SMILES string of the molecule is N[C@@H](Cc1ccccc1-c1cccc(N2CCNCC2)c1)C(=O)O. The molecule has 0 aromatic heterocycles. The van der Waals surface area contributed by atoms with Gasteiger partial charge in [0.25, 0.3) is 0 Å². The van der Waals surface area contributed by atoms with Gasteiger partial charge in [0.1, 0.15) is 6.04 Å². The van der Waals surface area contributed by atoms with Gasteiger partial charge < -0.3 is 21.1 Å². The van der Waals surface area contributed by atoms with E-state index in [0.717, 1.165) is 42.9 Å². The number of hydrogen-bond donors (Lipinski definition) is 3. The van der Waals surface area contributed by atoms with E-state index < -0.39 is 12.0 Å². The molecule has 5 heteroatoms. The fourth-order valence-corrected chi connectivity index (χ4v) is 3.10. The lowest BCUT2D eigenvalue weighted by Gasteiger charge is -2.29. The van der Waals surface area contributed by atoms with Crippen LogP contribution in [0.1, 0.15) is 5.56 Å². The Kier molecular flexibility index (Phi) is 5.13. The van der Waals surface area contributed by atoms with Crippen LogP contribution in [0.3, 0.4) is 0 Å². The molecule has 0 radical (unpaired) electrons. The molecule has 1 fully saturated rings. The highest BCUT2D eigenvalue weighted by atomic mass is 16.4. The second-order valence-electron chi connectivity index (χ2n) is 6.09. The highest BCUT2D eigenvalue weighted by molar-refractivity contribution is 5.76. The number of carbonyl (C=O) groups is 1. The Labute approximate surface area is 142 Å². The summed E-state index contributed by atoms with van der Waals surface area (Å²) in [4.78, 5) is 13.4. The first-order valence-corrected chi connectivity index (χ1v) is 8.27. The molecule has 0 spiro atoms. The van der Waals surface area contributed by atoms with Crippen LogP contribution in [0.5, 0.6) is 0 Å². The normalized spacial score (nSPS) is 16.0. The van der Waals surface area contributed by atoms with Gasteiger partial charge in [-0.3, -0.25) is 4.79 Å². The topological polar surface area (TPSA) is 78.6 Å². The van der Waals surface area contributed by atoms with Crippen LogP contribution in [-0.4, -0.2) is 43.3 Å². The van der Waals surface area contributed by atoms with E-state index in [1.165, 1.54) is 5.69 Å². The number of benzene rings is 2. The Hall–Kier alpha value is -2.37. The Balaban J connectivity index is 1.90. The van der Waals surface area contributed by atoms with Crippen LogP contribution in [0.4, 0.5) is 5.69 Å². The third kappa shape index (κ3) is 3.75. The van der Waals surface area contributed by atoms with Crippen LogP contribution in [0.15, 0.2) is 48.5 Å². The lowest BCUT2D eigenvalue weighted by molar-refractivity contribution is -0.138. The maximum absolute atomic E-state index is 11.1. The molecule has 0 amide bonds. The van der Waals surface area contributed by atoms with Gasteiger partial charge in [0, 0.05) is 31.9 Å². The summed E-state index contributed by atoms with van der Waals surface area (Å²) < 4.78 is 0. The third-order valence-corrected chi connectivity index (χ3v) is 4.41. The number of carboxylic acid groups (broad SMARTS) is 1. The van der Waals surface area contributed by atoms with E-state index in [9.17, 15) is 4.79 Å². The highest BCUT2D eigenvalue weighted by Crippen LogP contribution is 2.28. The fourth-order valence-electron chi connectivity index (χ4n) is 3.10. The first kappa shape index (κ1) is 16.5. The molecule has 1 atom stereocenters. The number of aliphatic carboxylic acids is 1. The van der Waals surface area contributed by atoms with Crippen molar-refractivity contribution in [3.63, 3.8) is 0 Å². The summed E-state index contributed by atoms with van der Waals surface area (Å²) in [7, 11) is 0. The van der Waals surface area contributed by atoms with Crippen molar-refractivity contribution in [2.45, 2.75) is 12.5 Å². The largest absolute Gasteiger partial charge is 0.480 e. The van der Waals surface area contributed by atoms with Crippen molar-refractivity contribution >= 4 is 11.7 Å². The molecule has 1 aliphatic heterocycles. The molecular formula is C19H23N3O2. The minimum absolute atomic E-state index is 0.323. The van der Waals surface area contributed by atoms with E-state index in [-0.39, 0.29) is 0 Å². The summed E-state index contributed by atoms with van der Waals surface area (Å²) in [6.45, 7) is 3.98.